The van der Waals surface area contributed by atoms with Gasteiger partial charge in [-0.1, -0.05) is 6.07 Å². The number of carboxylic acid groups (broad SMARTS) is 1. The molecule has 0 aliphatic rings. The smallest absolute Gasteiger partial charge is 0.335 e. The standard InChI is InChI=1S/C12H8BrNO3S/c13-9-5-10(18-6-9)14-11(15)7-2-1-3-8(4-7)12(16)17/h1-6H,(H,14,15)(H,16,17). The minimum atomic E-state index is -1.05. The van der Waals surface area contributed by atoms with E-state index in [1.165, 1.54) is 23.5 Å². The minimum absolute atomic E-state index is 0.0926. The number of carbonyl (C=O) groups is 2. The van der Waals surface area contributed by atoms with E-state index >= 15 is 0 Å². The molecule has 0 aliphatic carbocycles. The molecule has 0 unspecified atom stereocenters. The zero-order valence-electron chi connectivity index (χ0n) is 9.01. The number of thiophene rings is 1. The Labute approximate surface area is 115 Å². The summed E-state index contributed by atoms with van der Waals surface area (Å²) >= 11 is 4.68. The summed E-state index contributed by atoms with van der Waals surface area (Å²) in [5.41, 5.74) is 0.412. The number of aromatic carboxylic acids is 1. The highest BCUT2D eigenvalue weighted by Crippen LogP contribution is 2.24. The monoisotopic (exact) mass is 325 g/mol. The largest absolute Gasteiger partial charge is 0.478 e. The highest BCUT2D eigenvalue weighted by Gasteiger charge is 2.10. The molecule has 0 atom stereocenters. The van der Waals surface area contributed by atoms with Crippen LogP contribution in [0.1, 0.15) is 20.7 Å². The number of hydrogen-bond donors (Lipinski definition) is 2. The van der Waals surface area contributed by atoms with Crippen LogP contribution in [0, 0.1) is 0 Å². The lowest BCUT2D eigenvalue weighted by molar-refractivity contribution is 0.0697. The summed E-state index contributed by atoms with van der Waals surface area (Å²) in [5.74, 6) is -1.38. The lowest BCUT2D eigenvalue weighted by Crippen LogP contribution is -2.11. The number of nitrogens with one attached hydrogen (secondary N) is 1. The van der Waals surface area contributed by atoms with Gasteiger partial charge in [0.05, 0.1) is 10.6 Å². The Hall–Kier alpha value is -1.66. The van der Waals surface area contributed by atoms with Crippen molar-refractivity contribution in [1.29, 1.82) is 0 Å². The van der Waals surface area contributed by atoms with Gasteiger partial charge in [0.2, 0.25) is 0 Å². The molecule has 0 saturated heterocycles. The Bertz CT molecular complexity index is 609. The summed E-state index contributed by atoms with van der Waals surface area (Å²) in [5, 5.41) is 14.1. The predicted octanol–water partition coefficient (Wildman–Crippen LogP) is 3.46. The van der Waals surface area contributed by atoms with Crippen LogP contribution in [0.25, 0.3) is 0 Å². The van der Waals surface area contributed by atoms with Crippen LogP contribution in [0.5, 0.6) is 0 Å². The molecular weight excluding hydrogens is 318 g/mol. The molecule has 1 heterocycles. The summed E-state index contributed by atoms with van der Waals surface area (Å²) in [6.45, 7) is 0. The summed E-state index contributed by atoms with van der Waals surface area (Å²) in [6, 6.07) is 7.69. The first-order valence-corrected chi connectivity index (χ1v) is 6.62. The molecule has 0 fully saturated rings. The van der Waals surface area contributed by atoms with Crippen LogP contribution < -0.4 is 5.32 Å². The number of benzene rings is 1. The molecule has 2 rings (SSSR count). The Morgan fingerprint density at radius 2 is 1.94 bits per heavy atom. The Morgan fingerprint density at radius 3 is 2.56 bits per heavy atom. The fourth-order valence-electron chi connectivity index (χ4n) is 1.36. The molecule has 92 valence electrons. The van der Waals surface area contributed by atoms with E-state index in [1.54, 1.807) is 18.2 Å². The van der Waals surface area contributed by atoms with Crippen molar-refractivity contribution in [2.75, 3.05) is 5.32 Å². The van der Waals surface area contributed by atoms with Crippen molar-refractivity contribution in [3.8, 4) is 0 Å². The number of carbonyl (C=O) groups excluding carboxylic acids is 1. The average Bonchev–Trinajstić information content (AvgIpc) is 2.75. The summed E-state index contributed by atoms with van der Waals surface area (Å²) in [6.07, 6.45) is 0. The lowest BCUT2D eigenvalue weighted by Gasteiger charge is -2.03. The molecule has 2 N–H and O–H groups in total. The molecule has 1 amide bonds. The first-order valence-electron chi connectivity index (χ1n) is 4.95. The molecule has 0 radical (unpaired) electrons. The Balaban J connectivity index is 2.18. The number of carboxylic acids is 1. The van der Waals surface area contributed by atoms with E-state index in [2.05, 4.69) is 21.2 Å². The number of halogens is 1. The highest BCUT2D eigenvalue weighted by atomic mass is 79.9. The van der Waals surface area contributed by atoms with E-state index < -0.39 is 5.97 Å². The van der Waals surface area contributed by atoms with Gasteiger partial charge in [-0.05, 0) is 40.2 Å². The molecule has 1 aromatic heterocycles. The van der Waals surface area contributed by atoms with Crippen LogP contribution in [0.2, 0.25) is 0 Å². The summed E-state index contributed by atoms with van der Waals surface area (Å²) in [7, 11) is 0. The fourth-order valence-corrected chi connectivity index (χ4v) is 2.67. The number of rotatable bonds is 3. The molecule has 18 heavy (non-hydrogen) atoms. The van der Waals surface area contributed by atoms with Gasteiger partial charge in [0.25, 0.3) is 5.91 Å². The lowest BCUT2D eigenvalue weighted by atomic mass is 10.1. The fraction of sp³-hybridized carbons (Fsp3) is 0. The maximum atomic E-state index is 11.9. The second-order valence-corrected chi connectivity index (χ2v) is 5.30. The summed E-state index contributed by atoms with van der Waals surface area (Å²) in [4.78, 5) is 22.7. The van der Waals surface area contributed by atoms with Gasteiger partial charge in [0, 0.05) is 15.4 Å². The van der Waals surface area contributed by atoms with Gasteiger partial charge in [-0.2, -0.15) is 0 Å². The first-order chi connectivity index (χ1) is 8.56. The van der Waals surface area contributed by atoms with Crippen molar-refractivity contribution in [3.63, 3.8) is 0 Å². The van der Waals surface area contributed by atoms with E-state index in [1.807, 2.05) is 5.38 Å². The van der Waals surface area contributed by atoms with Crippen LogP contribution in [-0.2, 0) is 0 Å². The quantitative estimate of drug-likeness (QED) is 0.908. The van der Waals surface area contributed by atoms with Gasteiger partial charge >= 0.3 is 5.97 Å². The SMILES string of the molecule is O=C(O)c1cccc(C(=O)Nc2cc(Br)cs2)c1. The Kier molecular flexibility index (Phi) is 3.78. The third kappa shape index (κ3) is 2.96. The molecule has 0 saturated carbocycles. The number of anilines is 1. The highest BCUT2D eigenvalue weighted by molar-refractivity contribution is 9.10. The third-order valence-corrected chi connectivity index (χ3v) is 3.78. The van der Waals surface area contributed by atoms with Gasteiger partial charge in [0.15, 0.2) is 0 Å². The molecule has 0 bridgehead atoms. The Morgan fingerprint density at radius 1 is 1.22 bits per heavy atom. The molecule has 0 spiro atoms. The van der Waals surface area contributed by atoms with Gasteiger partial charge in [-0.3, -0.25) is 4.79 Å². The summed E-state index contributed by atoms with van der Waals surface area (Å²) < 4.78 is 0.891. The maximum absolute atomic E-state index is 11.9. The zero-order chi connectivity index (χ0) is 13.1. The van der Waals surface area contributed by atoms with Gasteiger partial charge in [0.1, 0.15) is 0 Å². The second kappa shape index (κ2) is 5.32. The van der Waals surface area contributed by atoms with E-state index in [0.29, 0.717) is 10.6 Å². The zero-order valence-corrected chi connectivity index (χ0v) is 11.4. The van der Waals surface area contributed by atoms with Gasteiger partial charge < -0.3 is 10.4 Å². The van der Waals surface area contributed by atoms with Gasteiger partial charge in [-0.25, -0.2) is 4.79 Å². The van der Waals surface area contributed by atoms with Gasteiger partial charge in [-0.15, -0.1) is 11.3 Å². The molecule has 4 nitrogen and oxygen atoms in total. The molecule has 0 aliphatic heterocycles. The van der Waals surface area contributed by atoms with Crippen molar-refractivity contribution in [2.45, 2.75) is 0 Å². The molecule has 2 aromatic rings. The van der Waals surface area contributed by atoms with Crippen LogP contribution in [0.15, 0.2) is 40.2 Å². The van der Waals surface area contributed by atoms with E-state index in [9.17, 15) is 9.59 Å². The molecule has 6 heteroatoms. The molecular formula is C12H8BrNO3S. The average molecular weight is 326 g/mol. The van der Waals surface area contributed by atoms with E-state index in [-0.39, 0.29) is 11.5 Å². The van der Waals surface area contributed by atoms with E-state index in [4.69, 9.17) is 5.11 Å². The van der Waals surface area contributed by atoms with Crippen LogP contribution in [0.4, 0.5) is 5.00 Å². The van der Waals surface area contributed by atoms with Crippen molar-refractivity contribution in [1.82, 2.24) is 0 Å². The normalized spacial score (nSPS) is 10.1. The van der Waals surface area contributed by atoms with Crippen LogP contribution >= 0.6 is 27.3 Å². The number of hydrogen-bond acceptors (Lipinski definition) is 3. The number of amides is 1. The van der Waals surface area contributed by atoms with Crippen molar-refractivity contribution in [2.24, 2.45) is 0 Å². The molecule has 1 aromatic carbocycles. The second-order valence-electron chi connectivity index (χ2n) is 3.47. The van der Waals surface area contributed by atoms with Crippen LogP contribution in [0.3, 0.4) is 0 Å². The van der Waals surface area contributed by atoms with E-state index in [0.717, 1.165) is 4.47 Å². The minimum Gasteiger partial charge on any atom is -0.478 e. The van der Waals surface area contributed by atoms with Crippen molar-refractivity contribution in [3.05, 3.63) is 51.3 Å². The van der Waals surface area contributed by atoms with Crippen molar-refractivity contribution >= 4 is 44.1 Å². The van der Waals surface area contributed by atoms with Crippen molar-refractivity contribution < 1.29 is 14.7 Å². The topological polar surface area (TPSA) is 66.4 Å². The third-order valence-electron chi connectivity index (χ3n) is 2.18. The first kappa shape index (κ1) is 12.8. The predicted molar refractivity (Wildman–Crippen MR) is 73.4 cm³/mol. The van der Waals surface area contributed by atoms with Crippen LogP contribution in [-0.4, -0.2) is 17.0 Å². The maximum Gasteiger partial charge on any atom is 0.335 e.